The maximum absolute atomic E-state index is 13.3. The van der Waals surface area contributed by atoms with Crippen molar-refractivity contribution in [2.75, 3.05) is 5.73 Å². The van der Waals surface area contributed by atoms with Crippen molar-refractivity contribution in [2.45, 2.75) is 64.8 Å². The number of sulfonamides is 1. The second-order valence-electron chi connectivity index (χ2n) is 10.7. The van der Waals surface area contributed by atoms with Crippen LogP contribution < -0.4 is 15.2 Å². The number of nitrogens with one attached hydrogen (secondary N) is 1. The molecule has 1 atom stereocenters. The molecular weight excluding hydrogens is 504 g/mol. The zero-order valence-corrected chi connectivity index (χ0v) is 23.0. The van der Waals surface area contributed by atoms with E-state index < -0.39 is 15.9 Å². The Morgan fingerprint density at radius 1 is 1.08 bits per heavy atom. The molecule has 0 saturated heterocycles. The number of ether oxygens (including phenoxy) is 1. The van der Waals surface area contributed by atoms with Gasteiger partial charge in [0, 0.05) is 24.5 Å². The highest BCUT2D eigenvalue weighted by molar-refractivity contribution is 7.90. The standard InChI is InChI=1S/C28H32N4O5S/c1-16-11-17(2)25(18(3)12-16)37-27-21(26(34)32-38(35,36)24-8-6-7-23(29)31-24)9-10-22(30-27)19-13-20(33)15-28(4,5)14-19/h6-12,19H,13-15H2,1-5H3,(H2,29,31)(H,32,34). The molecule has 0 spiro atoms. The fraction of sp³-hybridized carbons (Fsp3) is 0.357. The van der Waals surface area contributed by atoms with E-state index in [1.807, 2.05) is 51.5 Å². The first-order valence-electron chi connectivity index (χ1n) is 12.3. The van der Waals surface area contributed by atoms with Crippen LogP contribution in [0.25, 0.3) is 0 Å². The van der Waals surface area contributed by atoms with Crippen molar-refractivity contribution in [3.05, 3.63) is 70.4 Å². The van der Waals surface area contributed by atoms with Gasteiger partial charge >= 0.3 is 0 Å². The first kappa shape index (κ1) is 27.3. The van der Waals surface area contributed by atoms with Crippen molar-refractivity contribution in [2.24, 2.45) is 5.41 Å². The Morgan fingerprint density at radius 2 is 1.76 bits per heavy atom. The maximum Gasteiger partial charge on any atom is 0.281 e. The van der Waals surface area contributed by atoms with Crippen molar-refractivity contribution in [3.63, 3.8) is 0 Å². The van der Waals surface area contributed by atoms with Gasteiger partial charge < -0.3 is 10.5 Å². The monoisotopic (exact) mass is 536 g/mol. The zero-order chi connectivity index (χ0) is 27.8. The summed E-state index contributed by atoms with van der Waals surface area (Å²) in [6, 6.07) is 11.2. The molecule has 38 heavy (non-hydrogen) atoms. The highest BCUT2D eigenvalue weighted by Crippen LogP contribution is 2.42. The molecule has 1 fully saturated rings. The van der Waals surface area contributed by atoms with Crippen molar-refractivity contribution in [1.82, 2.24) is 14.7 Å². The number of hydrogen-bond acceptors (Lipinski definition) is 8. The van der Waals surface area contributed by atoms with E-state index in [2.05, 4.69) is 9.97 Å². The first-order chi connectivity index (χ1) is 17.7. The molecule has 2 aromatic heterocycles. The molecule has 1 saturated carbocycles. The van der Waals surface area contributed by atoms with E-state index >= 15 is 0 Å². The molecule has 2 heterocycles. The summed E-state index contributed by atoms with van der Waals surface area (Å²) in [7, 11) is -4.31. The Kier molecular flexibility index (Phi) is 7.29. The van der Waals surface area contributed by atoms with E-state index in [9.17, 15) is 18.0 Å². The molecule has 200 valence electrons. The minimum Gasteiger partial charge on any atom is -0.438 e. The van der Waals surface area contributed by atoms with Gasteiger partial charge in [0.05, 0.1) is 0 Å². The lowest BCUT2D eigenvalue weighted by Gasteiger charge is -2.34. The Balaban J connectivity index is 1.75. The lowest BCUT2D eigenvalue weighted by atomic mass is 9.70. The smallest absolute Gasteiger partial charge is 0.281 e. The van der Waals surface area contributed by atoms with E-state index in [0.29, 0.717) is 24.3 Å². The fourth-order valence-electron chi connectivity index (χ4n) is 5.07. The number of nitrogens with zero attached hydrogens (tertiary/aromatic N) is 2. The number of ketones is 1. The van der Waals surface area contributed by atoms with E-state index in [0.717, 1.165) is 23.1 Å². The number of benzene rings is 1. The summed E-state index contributed by atoms with van der Waals surface area (Å²) < 4.78 is 34.0. The molecule has 10 heteroatoms. The molecule has 1 aromatic carbocycles. The molecule has 1 aliphatic carbocycles. The summed E-state index contributed by atoms with van der Waals surface area (Å²) in [5, 5.41) is -0.383. The lowest BCUT2D eigenvalue weighted by Crippen LogP contribution is -2.32. The maximum atomic E-state index is 13.3. The number of rotatable bonds is 6. The Labute approximate surface area is 222 Å². The summed E-state index contributed by atoms with van der Waals surface area (Å²) in [6.45, 7) is 9.84. The van der Waals surface area contributed by atoms with Crippen LogP contribution in [0.1, 0.15) is 71.8 Å². The van der Waals surface area contributed by atoms with Gasteiger partial charge in [-0.1, -0.05) is 37.6 Å². The second-order valence-corrected chi connectivity index (χ2v) is 12.4. The average molecular weight is 537 g/mol. The summed E-state index contributed by atoms with van der Waals surface area (Å²) in [6.07, 6.45) is 1.60. The van der Waals surface area contributed by atoms with Crippen LogP contribution in [0.4, 0.5) is 5.82 Å². The fourth-order valence-corrected chi connectivity index (χ4v) is 6.01. The summed E-state index contributed by atoms with van der Waals surface area (Å²) in [4.78, 5) is 34.2. The number of nitrogens with two attached hydrogens (primary N) is 1. The van der Waals surface area contributed by atoms with Crippen LogP contribution in [0.2, 0.25) is 0 Å². The first-order valence-corrected chi connectivity index (χ1v) is 13.8. The SMILES string of the molecule is Cc1cc(C)c(Oc2nc(C3CC(=O)CC(C)(C)C3)ccc2C(=O)NS(=O)(=O)c2cccc(N)n2)c(C)c1. The number of aryl methyl sites for hydroxylation is 3. The van der Waals surface area contributed by atoms with Crippen LogP contribution in [0.15, 0.2) is 47.5 Å². The van der Waals surface area contributed by atoms with Gasteiger partial charge in [0.1, 0.15) is 22.9 Å². The van der Waals surface area contributed by atoms with Crippen LogP contribution in [0.5, 0.6) is 11.6 Å². The van der Waals surface area contributed by atoms with Gasteiger partial charge in [-0.25, -0.2) is 14.7 Å². The number of nitrogen functional groups attached to an aromatic ring is 1. The molecule has 1 aliphatic rings. The Morgan fingerprint density at radius 3 is 2.39 bits per heavy atom. The molecule has 0 bridgehead atoms. The number of amides is 1. The predicted molar refractivity (Wildman–Crippen MR) is 144 cm³/mol. The predicted octanol–water partition coefficient (Wildman–Crippen LogP) is 4.76. The molecule has 1 amide bonds. The quantitative estimate of drug-likeness (QED) is 0.459. The van der Waals surface area contributed by atoms with E-state index in [1.54, 1.807) is 6.07 Å². The number of carbonyl (C=O) groups excluding carboxylic acids is 2. The number of anilines is 1. The van der Waals surface area contributed by atoms with Gasteiger partial charge in [-0.3, -0.25) is 9.59 Å². The van der Waals surface area contributed by atoms with Gasteiger partial charge in [-0.2, -0.15) is 8.42 Å². The van der Waals surface area contributed by atoms with Crippen molar-refractivity contribution < 1.29 is 22.7 Å². The molecule has 0 aliphatic heterocycles. The number of hydrogen-bond donors (Lipinski definition) is 2. The van der Waals surface area contributed by atoms with Gasteiger partial charge in [0.25, 0.3) is 15.9 Å². The third kappa shape index (κ3) is 6.02. The Hall–Kier alpha value is -3.79. The Bertz CT molecular complexity index is 1510. The molecule has 4 rings (SSSR count). The minimum atomic E-state index is -4.31. The number of carbonyl (C=O) groups is 2. The highest BCUT2D eigenvalue weighted by Gasteiger charge is 2.35. The van der Waals surface area contributed by atoms with Gasteiger partial charge in [-0.05, 0) is 68.0 Å². The third-order valence-corrected chi connectivity index (χ3v) is 7.78. The molecule has 3 N–H and O–H groups in total. The van der Waals surface area contributed by atoms with Crippen molar-refractivity contribution in [3.8, 4) is 11.6 Å². The molecule has 3 aromatic rings. The number of pyridine rings is 2. The minimum absolute atomic E-state index is 0.00522. The largest absolute Gasteiger partial charge is 0.438 e. The van der Waals surface area contributed by atoms with E-state index in [1.165, 1.54) is 24.3 Å². The number of aromatic nitrogens is 2. The van der Waals surface area contributed by atoms with Crippen LogP contribution in [0.3, 0.4) is 0 Å². The van der Waals surface area contributed by atoms with Crippen LogP contribution in [0, 0.1) is 26.2 Å². The summed E-state index contributed by atoms with van der Waals surface area (Å²) >= 11 is 0. The van der Waals surface area contributed by atoms with Crippen molar-refractivity contribution in [1.29, 1.82) is 0 Å². The molecule has 9 nitrogen and oxygen atoms in total. The molecular formula is C28H32N4O5S. The van der Waals surface area contributed by atoms with Crippen LogP contribution in [-0.4, -0.2) is 30.1 Å². The highest BCUT2D eigenvalue weighted by atomic mass is 32.2. The summed E-state index contributed by atoms with van der Waals surface area (Å²) in [5.74, 6) is -0.429. The molecule has 0 radical (unpaired) electrons. The lowest BCUT2D eigenvalue weighted by molar-refractivity contribution is -0.123. The normalized spacial score (nSPS) is 17.2. The third-order valence-electron chi connectivity index (χ3n) is 6.54. The second kappa shape index (κ2) is 10.2. The summed E-state index contributed by atoms with van der Waals surface area (Å²) in [5.41, 5.74) is 8.72. The number of Topliss-reactive ketones (excluding diaryl/α,β-unsaturated/α-hetero) is 1. The average Bonchev–Trinajstić information content (AvgIpc) is 2.79. The van der Waals surface area contributed by atoms with Crippen molar-refractivity contribution >= 4 is 27.5 Å². The van der Waals surface area contributed by atoms with Gasteiger partial charge in [0.2, 0.25) is 5.88 Å². The van der Waals surface area contributed by atoms with Gasteiger partial charge in [0.15, 0.2) is 5.03 Å². The van der Waals surface area contributed by atoms with Crippen LogP contribution in [-0.2, 0) is 14.8 Å². The topological polar surface area (TPSA) is 141 Å². The van der Waals surface area contributed by atoms with Gasteiger partial charge in [-0.15, -0.1) is 0 Å². The van der Waals surface area contributed by atoms with E-state index in [-0.39, 0.29) is 39.4 Å². The molecule has 1 unspecified atom stereocenters. The van der Waals surface area contributed by atoms with E-state index in [4.69, 9.17) is 10.5 Å². The zero-order valence-electron chi connectivity index (χ0n) is 22.2. The van der Waals surface area contributed by atoms with Crippen LogP contribution >= 0.6 is 0 Å².